The van der Waals surface area contributed by atoms with Gasteiger partial charge in [0.25, 0.3) is 0 Å². The second-order valence-electron chi connectivity index (χ2n) is 6.19. The number of aromatic nitrogens is 1. The standard InChI is InChI=1S/C16H27N5O/c1-17-15-13(6-5-7-18-15)11-21-9-8-20(4)10-14(12-21)16(22)19(2)3/h5-7,14H,8-12H2,1-4H3,(H,17,18)/t14-/m0/s1. The van der Waals surface area contributed by atoms with E-state index in [0.29, 0.717) is 0 Å². The Kier molecular flexibility index (Phi) is 5.74. The summed E-state index contributed by atoms with van der Waals surface area (Å²) in [5.41, 5.74) is 1.17. The molecule has 0 saturated carbocycles. The van der Waals surface area contributed by atoms with Gasteiger partial charge < -0.3 is 15.1 Å². The third-order valence-corrected chi connectivity index (χ3v) is 4.12. The number of hydrogen-bond donors (Lipinski definition) is 1. The quantitative estimate of drug-likeness (QED) is 0.882. The molecule has 2 rings (SSSR count). The van der Waals surface area contributed by atoms with Gasteiger partial charge in [-0.15, -0.1) is 0 Å². The van der Waals surface area contributed by atoms with Crippen LogP contribution >= 0.6 is 0 Å². The van der Waals surface area contributed by atoms with Gasteiger partial charge in [0.1, 0.15) is 5.82 Å². The van der Waals surface area contributed by atoms with Crippen LogP contribution in [0.1, 0.15) is 5.56 Å². The van der Waals surface area contributed by atoms with E-state index in [1.54, 1.807) is 11.1 Å². The monoisotopic (exact) mass is 305 g/mol. The summed E-state index contributed by atoms with van der Waals surface area (Å²) in [4.78, 5) is 23.0. The molecule has 1 N–H and O–H groups in total. The third-order valence-electron chi connectivity index (χ3n) is 4.12. The van der Waals surface area contributed by atoms with Crippen molar-refractivity contribution in [2.24, 2.45) is 5.92 Å². The lowest BCUT2D eigenvalue weighted by molar-refractivity contribution is -0.133. The van der Waals surface area contributed by atoms with Crippen molar-refractivity contribution in [3.05, 3.63) is 23.9 Å². The lowest BCUT2D eigenvalue weighted by Gasteiger charge is -2.25. The van der Waals surface area contributed by atoms with Crippen molar-refractivity contribution >= 4 is 11.7 Å². The number of nitrogens with zero attached hydrogens (tertiary/aromatic N) is 4. The number of likely N-dealkylation sites (N-methyl/N-ethyl adjacent to an activating group) is 1. The Morgan fingerprint density at radius 3 is 2.86 bits per heavy atom. The SMILES string of the molecule is CNc1ncccc1CN1CCN(C)C[C@H](C(=O)N(C)C)C1. The lowest BCUT2D eigenvalue weighted by Crippen LogP contribution is -2.40. The Balaban J connectivity index is 2.11. The summed E-state index contributed by atoms with van der Waals surface area (Å²) in [6, 6.07) is 4.05. The summed E-state index contributed by atoms with van der Waals surface area (Å²) in [7, 11) is 7.64. The van der Waals surface area contributed by atoms with Gasteiger partial charge in [0.05, 0.1) is 5.92 Å². The fraction of sp³-hybridized carbons (Fsp3) is 0.625. The number of anilines is 1. The molecule has 1 saturated heterocycles. The average Bonchev–Trinajstić information content (AvgIpc) is 2.69. The smallest absolute Gasteiger partial charge is 0.227 e. The van der Waals surface area contributed by atoms with E-state index in [1.165, 1.54) is 5.56 Å². The molecular formula is C16H27N5O. The predicted molar refractivity (Wildman–Crippen MR) is 88.7 cm³/mol. The van der Waals surface area contributed by atoms with Crippen LogP contribution in [0.2, 0.25) is 0 Å². The van der Waals surface area contributed by atoms with Crippen molar-refractivity contribution < 1.29 is 4.79 Å². The third kappa shape index (κ3) is 4.18. The molecule has 2 heterocycles. The first-order chi connectivity index (χ1) is 10.5. The van der Waals surface area contributed by atoms with E-state index in [2.05, 4.69) is 33.2 Å². The predicted octanol–water partition coefficient (Wildman–Crippen LogP) is 0.575. The van der Waals surface area contributed by atoms with Crippen LogP contribution in [0.5, 0.6) is 0 Å². The minimum Gasteiger partial charge on any atom is -0.373 e. The molecule has 1 fully saturated rings. The largest absolute Gasteiger partial charge is 0.373 e. The fourth-order valence-corrected chi connectivity index (χ4v) is 2.94. The number of rotatable bonds is 4. The number of nitrogens with one attached hydrogen (secondary N) is 1. The molecular weight excluding hydrogens is 278 g/mol. The van der Waals surface area contributed by atoms with Crippen LogP contribution < -0.4 is 5.32 Å². The highest BCUT2D eigenvalue weighted by atomic mass is 16.2. The maximum Gasteiger partial charge on any atom is 0.227 e. The molecule has 1 amide bonds. The Labute approximate surface area is 133 Å². The minimum absolute atomic E-state index is 0.0252. The second kappa shape index (κ2) is 7.56. The molecule has 1 aromatic rings. The lowest BCUT2D eigenvalue weighted by atomic mass is 10.1. The Hall–Kier alpha value is -1.66. The van der Waals surface area contributed by atoms with Crippen molar-refractivity contribution in [1.29, 1.82) is 0 Å². The van der Waals surface area contributed by atoms with Crippen LogP contribution in [0.4, 0.5) is 5.82 Å². The fourth-order valence-electron chi connectivity index (χ4n) is 2.94. The van der Waals surface area contributed by atoms with Crippen LogP contribution in [-0.4, -0.2) is 80.0 Å². The number of pyridine rings is 1. The zero-order valence-corrected chi connectivity index (χ0v) is 14.0. The van der Waals surface area contributed by atoms with Crippen molar-refractivity contribution in [2.45, 2.75) is 6.54 Å². The van der Waals surface area contributed by atoms with Crippen molar-refractivity contribution in [3.63, 3.8) is 0 Å². The van der Waals surface area contributed by atoms with Gasteiger partial charge >= 0.3 is 0 Å². The van der Waals surface area contributed by atoms with Crippen LogP contribution in [0, 0.1) is 5.92 Å². The highest BCUT2D eigenvalue weighted by Crippen LogP contribution is 2.17. The molecule has 0 unspecified atom stereocenters. The summed E-state index contributed by atoms with van der Waals surface area (Å²) in [6.45, 7) is 4.37. The molecule has 22 heavy (non-hydrogen) atoms. The summed E-state index contributed by atoms with van der Waals surface area (Å²) in [6.07, 6.45) is 1.80. The van der Waals surface area contributed by atoms with Gasteiger partial charge in [-0.3, -0.25) is 9.69 Å². The van der Waals surface area contributed by atoms with Gasteiger partial charge in [0, 0.05) is 65.6 Å². The van der Waals surface area contributed by atoms with Gasteiger partial charge in [-0.2, -0.15) is 0 Å². The topological polar surface area (TPSA) is 51.7 Å². The molecule has 1 aliphatic rings. The molecule has 1 aromatic heterocycles. The summed E-state index contributed by atoms with van der Waals surface area (Å²) in [5.74, 6) is 1.14. The molecule has 122 valence electrons. The van der Waals surface area contributed by atoms with Crippen molar-refractivity contribution in [3.8, 4) is 0 Å². The highest BCUT2D eigenvalue weighted by molar-refractivity contribution is 5.78. The molecule has 0 aliphatic carbocycles. The van der Waals surface area contributed by atoms with E-state index in [1.807, 2.05) is 27.2 Å². The van der Waals surface area contributed by atoms with E-state index in [4.69, 9.17) is 0 Å². The second-order valence-corrected chi connectivity index (χ2v) is 6.19. The van der Waals surface area contributed by atoms with Crippen LogP contribution in [-0.2, 0) is 11.3 Å². The van der Waals surface area contributed by atoms with Gasteiger partial charge in [0.15, 0.2) is 0 Å². The van der Waals surface area contributed by atoms with Crippen LogP contribution in [0.25, 0.3) is 0 Å². The van der Waals surface area contributed by atoms with Crippen LogP contribution in [0.3, 0.4) is 0 Å². The maximum atomic E-state index is 12.4. The Morgan fingerprint density at radius 2 is 2.18 bits per heavy atom. The zero-order chi connectivity index (χ0) is 16.1. The molecule has 0 spiro atoms. The van der Waals surface area contributed by atoms with E-state index in [0.717, 1.165) is 38.5 Å². The molecule has 0 aromatic carbocycles. The number of carbonyl (C=O) groups is 1. The van der Waals surface area contributed by atoms with Crippen LogP contribution in [0.15, 0.2) is 18.3 Å². The number of hydrogen-bond acceptors (Lipinski definition) is 5. The normalized spacial score (nSPS) is 20.5. The summed E-state index contributed by atoms with van der Waals surface area (Å²) in [5, 5.41) is 3.14. The van der Waals surface area contributed by atoms with E-state index < -0.39 is 0 Å². The first kappa shape index (κ1) is 16.7. The average molecular weight is 305 g/mol. The first-order valence-electron chi connectivity index (χ1n) is 7.75. The molecule has 1 aliphatic heterocycles. The molecule has 6 nitrogen and oxygen atoms in total. The van der Waals surface area contributed by atoms with Crippen molar-refractivity contribution in [1.82, 2.24) is 19.7 Å². The van der Waals surface area contributed by atoms with E-state index in [9.17, 15) is 4.79 Å². The number of carbonyl (C=O) groups excluding carboxylic acids is 1. The Bertz CT molecular complexity index is 505. The van der Waals surface area contributed by atoms with E-state index >= 15 is 0 Å². The van der Waals surface area contributed by atoms with E-state index in [-0.39, 0.29) is 11.8 Å². The first-order valence-corrected chi connectivity index (χ1v) is 7.75. The van der Waals surface area contributed by atoms with Gasteiger partial charge in [-0.1, -0.05) is 6.07 Å². The van der Waals surface area contributed by atoms with Crippen molar-refractivity contribution in [2.75, 3.05) is 59.7 Å². The van der Waals surface area contributed by atoms with Gasteiger partial charge in [0.2, 0.25) is 5.91 Å². The molecule has 6 heteroatoms. The zero-order valence-electron chi connectivity index (χ0n) is 14.0. The Morgan fingerprint density at radius 1 is 1.41 bits per heavy atom. The molecule has 1 atom stereocenters. The minimum atomic E-state index is 0.0252. The molecule has 0 radical (unpaired) electrons. The highest BCUT2D eigenvalue weighted by Gasteiger charge is 2.27. The van der Waals surface area contributed by atoms with Gasteiger partial charge in [-0.25, -0.2) is 4.98 Å². The maximum absolute atomic E-state index is 12.4. The number of amides is 1. The summed E-state index contributed by atoms with van der Waals surface area (Å²) < 4.78 is 0. The molecule has 0 bridgehead atoms. The summed E-state index contributed by atoms with van der Waals surface area (Å²) >= 11 is 0. The van der Waals surface area contributed by atoms with Gasteiger partial charge in [-0.05, 0) is 13.1 Å².